The minimum absolute atomic E-state index is 0.0267. The van der Waals surface area contributed by atoms with Crippen molar-refractivity contribution in [2.24, 2.45) is 4.99 Å². The van der Waals surface area contributed by atoms with Crippen LogP contribution in [0.4, 0.5) is 4.79 Å². The van der Waals surface area contributed by atoms with Gasteiger partial charge in [0.05, 0.1) is 6.42 Å². The molecule has 2 aliphatic rings. The van der Waals surface area contributed by atoms with Gasteiger partial charge in [0.15, 0.2) is 0 Å². The molecule has 142 valence electrons. The number of carboxylic acid groups (broad SMARTS) is 1. The van der Waals surface area contributed by atoms with Gasteiger partial charge in [-0.05, 0) is 34.5 Å². The van der Waals surface area contributed by atoms with Crippen molar-refractivity contribution in [2.45, 2.75) is 19.0 Å². The topological polar surface area (TPSA) is 93.3 Å². The van der Waals surface area contributed by atoms with E-state index in [1.165, 1.54) is 23.7 Å². The van der Waals surface area contributed by atoms with E-state index in [2.05, 4.69) is 4.99 Å². The van der Waals surface area contributed by atoms with Crippen LogP contribution in [0.15, 0.2) is 29.3 Å². The number of likely N-dealkylation sites (N-methyl/N-ethyl adjacent to an activating group) is 2. The van der Waals surface area contributed by atoms with Crippen molar-refractivity contribution in [1.82, 2.24) is 9.80 Å². The second-order valence-corrected chi connectivity index (χ2v) is 7.64. The zero-order valence-corrected chi connectivity index (χ0v) is 16.3. The maximum Gasteiger partial charge on any atom is 0.358 e. The van der Waals surface area contributed by atoms with Gasteiger partial charge in [-0.1, -0.05) is 23.7 Å². The summed E-state index contributed by atoms with van der Waals surface area (Å²) in [6.45, 7) is 0.381. The highest BCUT2D eigenvalue weighted by molar-refractivity contribution is 8.13. The highest BCUT2D eigenvalue weighted by Gasteiger charge is 2.53. The number of amides is 3. The van der Waals surface area contributed by atoms with Crippen LogP contribution in [-0.4, -0.2) is 74.3 Å². The Bertz CT molecular complexity index is 868. The molecule has 8 nitrogen and oxygen atoms in total. The van der Waals surface area contributed by atoms with Crippen molar-refractivity contribution in [1.29, 1.82) is 0 Å². The fourth-order valence-corrected chi connectivity index (χ4v) is 3.95. The highest BCUT2D eigenvalue weighted by Crippen LogP contribution is 2.25. The largest absolute Gasteiger partial charge is 0.481 e. The molecular weight excluding hydrogens is 392 g/mol. The number of carbonyl (C=O) groups is 3. The Hall–Kier alpha value is -2.39. The third-order valence-electron chi connectivity index (χ3n) is 4.31. The molecule has 0 saturated carbocycles. The molecule has 3 amide bonds. The number of rotatable bonds is 5. The predicted molar refractivity (Wildman–Crippen MR) is 102 cm³/mol. The first-order valence-corrected chi connectivity index (χ1v) is 9.52. The van der Waals surface area contributed by atoms with Crippen LogP contribution < -0.4 is 0 Å². The van der Waals surface area contributed by atoms with Crippen LogP contribution in [0.25, 0.3) is 0 Å². The van der Waals surface area contributed by atoms with Gasteiger partial charge in [-0.15, -0.1) is 0 Å². The molecule has 27 heavy (non-hydrogen) atoms. The van der Waals surface area contributed by atoms with Gasteiger partial charge < -0.3 is 5.11 Å². The van der Waals surface area contributed by atoms with Gasteiger partial charge in [-0.25, -0.2) is 9.37 Å². The Morgan fingerprint density at radius 3 is 2.56 bits per heavy atom. The molecule has 0 radical (unpaired) electrons. The third kappa shape index (κ3) is 3.84. The first kappa shape index (κ1) is 19.4. The van der Waals surface area contributed by atoms with E-state index in [9.17, 15) is 14.4 Å². The molecule has 1 aromatic carbocycles. The minimum Gasteiger partial charge on any atom is -0.481 e. The van der Waals surface area contributed by atoms with E-state index >= 15 is 0 Å². The second-order valence-electron chi connectivity index (χ2n) is 6.14. The number of carboxylic acids is 1. The summed E-state index contributed by atoms with van der Waals surface area (Å²) in [6.07, 6.45) is -0.0267. The number of carbonyl (C=O) groups excluding carboxylic acids is 2. The molecule has 0 aromatic heterocycles. The lowest BCUT2D eigenvalue weighted by atomic mass is 10.1. The van der Waals surface area contributed by atoms with Gasteiger partial charge in [0.1, 0.15) is 6.54 Å². The number of nitrogens with zero attached hydrogens (tertiary/aromatic N) is 4. The molecule has 2 heterocycles. The molecule has 0 bridgehead atoms. The van der Waals surface area contributed by atoms with Crippen molar-refractivity contribution in [2.75, 3.05) is 19.8 Å². The number of fused-ring (bicyclic) bond motifs is 1. The standard InChI is InChI=1S/C17H17ClN4O4S/c1-20-14-13(15(25)21(2)17(20)26)22(9-10-3-5-11(18)6-4-10)16(19-14)27-8-7-12(23)24/h3-6,13H,7-9H2,1-2H3/p+1. The minimum atomic E-state index is -0.904. The maximum absolute atomic E-state index is 12.8. The fourth-order valence-electron chi connectivity index (χ4n) is 2.87. The van der Waals surface area contributed by atoms with Gasteiger partial charge in [-0.2, -0.15) is 0 Å². The average molecular weight is 410 g/mol. The third-order valence-corrected chi connectivity index (χ3v) is 5.55. The van der Waals surface area contributed by atoms with Crippen LogP contribution in [0.1, 0.15) is 12.0 Å². The van der Waals surface area contributed by atoms with E-state index in [0.29, 0.717) is 28.3 Å². The van der Waals surface area contributed by atoms with E-state index in [4.69, 9.17) is 16.7 Å². The molecule has 1 aromatic rings. The van der Waals surface area contributed by atoms with Crippen LogP contribution in [0, 0.1) is 0 Å². The fraction of sp³-hybridized carbons (Fsp3) is 0.353. The average Bonchev–Trinajstić information content (AvgIpc) is 2.98. The highest BCUT2D eigenvalue weighted by atomic mass is 35.5. The second kappa shape index (κ2) is 7.69. The van der Waals surface area contributed by atoms with Crippen LogP contribution in [0.5, 0.6) is 0 Å². The van der Waals surface area contributed by atoms with Crippen LogP contribution in [0.3, 0.4) is 0 Å². The van der Waals surface area contributed by atoms with Gasteiger partial charge in [0.2, 0.25) is 0 Å². The number of thioether (sulfide) groups is 1. The molecule has 1 unspecified atom stereocenters. The molecule has 3 rings (SSSR count). The SMILES string of the molecule is CN1C(=O)C2C(=NC(SCCC(=O)O)=[N+]2Cc2ccc(Cl)cc2)N(C)C1=O. The van der Waals surface area contributed by atoms with Crippen molar-refractivity contribution in [3.05, 3.63) is 34.9 Å². The van der Waals surface area contributed by atoms with Crippen molar-refractivity contribution < 1.29 is 24.1 Å². The molecule has 1 saturated heterocycles. The summed E-state index contributed by atoms with van der Waals surface area (Å²) >= 11 is 7.19. The summed E-state index contributed by atoms with van der Waals surface area (Å²) < 4.78 is 1.80. The van der Waals surface area contributed by atoms with E-state index in [1.807, 2.05) is 12.1 Å². The zero-order valence-electron chi connectivity index (χ0n) is 14.8. The predicted octanol–water partition coefficient (Wildman–Crippen LogP) is 1.72. The van der Waals surface area contributed by atoms with Gasteiger partial charge >= 0.3 is 17.2 Å². The quantitative estimate of drug-likeness (QED) is 0.747. The Morgan fingerprint density at radius 2 is 1.93 bits per heavy atom. The number of aliphatic imine (C=N–C) groups is 1. The number of imide groups is 1. The first-order chi connectivity index (χ1) is 12.8. The Kier molecular flexibility index (Phi) is 5.52. The van der Waals surface area contributed by atoms with Gasteiger partial charge in [-0.3, -0.25) is 19.4 Å². The molecule has 0 spiro atoms. The van der Waals surface area contributed by atoms with Gasteiger partial charge in [0.25, 0.3) is 17.8 Å². The number of aliphatic carboxylic acids is 1. The molecule has 0 aliphatic carbocycles. The maximum atomic E-state index is 12.8. The van der Waals surface area contributed by atoms with Crippen LogP contribution >= 0.6 is 23.4 Å². The molecule has 10 heteroatoms. The molecular formula is C17H18ClN4O4S+. The summed E-state index contributed by atoms with van der Waals surface area (Å²) in [4.78, 5) is 42.7. The molecule has 1 fully saturated rings. The number of hydrogen-bond donors (Lipinski definition) is 1. The van der Waals surface area contributed by atoms with Crippen LogP contribution in [0.2, 0.25) is 5.02 Å². The summed E-state index contributed by atoms with van der Waals surface area (Å²) in [7, 11) is 3.01. The van der Waals surface area contributed by atoms with Crippen molar-refractivity contribution >= 4 is 52.3 Å². The summed E-state index contributed by atoms with van der Waals surface area (Å²) in [5.74, 6) is -0.597. The Balaban J connectivity index is 1.95. The number of amidine groups is 2. The molecule has 1 N–H and O–H groups in total. The Labute approximate surface area is 165 Å². The lowest BCUT2D eigenvalue weighted by molar-refractivity contribution is -0.548. The number of urea groups is 1. The number of hydrogen-bond acceptors (Lipinski definition) is 5. The summed E-state index contributed by atoms with van der Waals surface area (Å²) in [5.41, 5.74) is 0.919. The van der Waals surface area contributed by atoms with E-state index in [0.717, 1.165) is 10.5 Å². The first-order valence-electron chi connectivity index (χ1n) is 8.16. The molecule has 2 aliphatic heterocycles. The number of benzene rings is 1. The Morgan fingerprint density at radius 1 is 1.26 bits per heavy atom. The lowest BCUT2D eigenvalue weighted by Gasteiger charge is -2.30. The number of halogens is 1. The lowest BCUT2D eigenvalue weighted by Crippen LogP contribution is -2.61. The van der Waals surface area contributed by atoms with E-state index < -0.39 is 18.0 Å². The van der Waals surface area contributed by atoms with E-state index in [1.54, 1.807) is 23.8 Å². The molecule has 1 atom stereocenters. The monoisotopic (exact) mass is 409 g/mol. The van der Waals surface area contributed by atoms with Crippen molar-refractivity contribution in [3.8, 4) is 0 Å². The normalized spacial score (nSPS) is 19.5. The smallest absolute Gasteiger partial charge is 0.358 e. The van der Waals surface area contributed by atoms with E-state index in [-0.39, 0.29) is 12.3 Å². The van der Waals surface area contributed by atoms with Gasteiger partial charge in [0, 0.05) is 24.9 Å². The van der Waals surface area contributed by atoms with Crippen molar-refractivity contribution in [3.63, 3.8) is 0 Å². The van der Waals surface area contributed by atoms with Crippen LogP contribution in [-0.2, 0) is 16.1 Å². The zero-order chi connectivity index (χ0) is 19.7. The summed E-state index contributed by atoms with van der Waals surface area (Å²) in [6, 6.07) is 6.06. The summed E-state index contributed by atoms with van der Waals surface area (Å²) in [5, 5.41) is 10.0.